The van der Waals surface area contributed by atoms with Gasteiger partial charge in [0.1, 0.15) is 0 Å². The fraction of sp³-hybridized carbons (Fsp3) is 0.0909. The van der Waals surface area contributed by atoms with Crippen LogP contribution in [0.4, 0.5) is 13.2 Å². The summed E-state index contributed by atoms with van der Waals surface area (Å²) in [6.07, 6.45) is 1.39. The molecule has 1 aromatic heterocycles. The Bertz CT molecular complexity index is 547. The summed E-state index contributed by atoms with van der Waals surface area (Å²) in [5.41, 5.74) is -0.314. The number of hydrogen-bond acceptors (Lipinski definition) is 3. The van der Waals surface area contributed by atoms with Gasteiger partial charge in [0.05, 0.1) is 12.7 Å². The first-order valence-corrected chi connectivity index (χ1v) is 4.90. The molecule has 0 atom stereocenters. The first kappa shape index (κ1) is 12.2. The lowest BCUT2D eigenvalue weighted by Crippen LogP contribution is -2.23. The van der Waals surface area contributed by atoms with E-state index in [1.807, 2.05) is 0 Å². The molecule has 0 aliphatic rings. The van der Waals surface area contributed by atoms with Crippen LogP contribution in [0.25, 0.3) is 0 Å². The standard InChI is InChI=1S/C11H7F3N2O2/c12-8-3-6(4-9(13)10(8)14)11(17)15-5-7-1-2-16-18-7/h1-4H,5H2,(H,15,17). The van der Waals surface area contributed by atoms with Gasteiger partial charge < -0.3 is 9.84 Å². The Kier molecular flexibility index (Phi) is 3.31. The number of nitrogens with zero attached hydrogens (tertiary/aromatic N) is 1. The molecule has 2 aromatic rings. The highest BCUT2D eigenvalue weighted by Crippen LogP contribution is 2.13. The number of halogens is 3. The number of aromatic nitrogens is 1. The van der Waals surface area contributed by atoms with Gasteiger partial charge in [-0.1, -0.05) is 5.16 Å². The molecule has 0 fully saturated rings. The Morgan fingerprint density at radius 2 is 1.94 bits per heavy atom. The minimum atomic E-state index is -1.61. The number of nitrogens with one attached hydrogen (secondary N) is 1. The second kappa shape index (κ2) is 4.91. The van der Waals surface area contributed by atoms with E-state index in [9.17, 15) is 18.0 Å². The van der Waals surface area contributed by atoms with Crippen molar-refractivity contribution in [2.45, 2.75) is 6.54 Å². The maximum atomic E-state index is 12.9. The fourth-order valence-corrected chi connectivity index (χ4v) is 1.29. The number of carbonyl (C=O) groups excluding carboxylic acids is 1. The summed E-state index contributed by atoms with van der Waals surface area (Å²) in [5, 5.41) is 5.76. The van der Waals surface area contributed by atoms with Gasteiger partial charge in [0, 0.05) is 11.6 Å². The predicted octanol–water partition coefficient (Wildman–Crippen LogP) is 2.02. The van der Waals surface area contributed by atoms with Crippen LogP contribution in [0.5, 0.6) is 0 Å². The minimum absolute atomic E-state index is 0.0133. The van der Waals surface area contributed by atoms with E-state index in [1.165, 1.54) is 12.3 Å². The molecule has 0 radical (unpaired) electrons. The highest BCUT2D eigenvalue weighted by Gasteiger charge is 2.15. The van der Waals surface area contributed by atoms with Crippen molar-refractivity contribution in [1.29, 1.82) is 0 Å². The van der Waals surface area contributed by atoms with Crippen LogP contribution in [0.3, 0.4) is 0 Å². The lowest BCUT2D eigenvalue weighted by atomic mass is 10.2. The van der Waals surface area contributed by atoms with Gasteiger partial charge in [0.15, 0.2) is 23.2 Å². The van der Waals surface area contributed by atoms with Crippen molar-refractivity contribution in [3.63, 3.8) is 0 Å². The normalized spacial score (nSPS) is 10.4. The van der Waals surface area contributed by atoms with Crippen LogP contribution >= 0.6 is 0 Å². The van der Waals surface area contributed by atoms with E-state index in [0.29, 0.717) is 17.9 Å². The minimum Gasteiger partial charge on any atom is -0.360 e. The molecule has 1 amide bonds. The van der Waals surface area contributed by atoms with Crippen molar-refractivity contribution in [1.82, 2.24) is 10.5 Å². The molecule has 0 spiro atoms. The fourth-order valence-electron chi connectivity index (χ4n) is 1.29. The Hall–Kier alpha value is -2.31. The van der Waals surface area contributed by atoms with Gasteiger partial charge in [0.25, 0.3) is 5.91 Å². The van der Waals surface area contributed by atoms with Crippen molar-refractivity contribution in [2.24, 2.45) is 0 Å². The third kappa shape index (κ3) is 2.50. The maximum absolute atomic E-state index is 12.9. The van der Waals surface area contributed by atoms with Crippen LogP contribution in [0, 0.1) is 17.5 Å². The molecule has 0 saturated carbocycles. The van der Waals surface area contributed by atoms with Crippen molar-refractivity contribution < 1.29 is 22.5 Å². The van der Waals surface area contributed by atoms with E-state index in [4.69, 9.17) is 4.52 Å². The zero-order valence-corrected chi connectivity index (χ0v) is 8.91. The largest absolute Gasteiger partial charge is 0.360 e. The molecule has 0 bridgehead atoms. The molecule has 0 aliphatic carbocycles. The monoisotopic (exact) mass is 256 g/mol. The van der Waals surface area contributed by atoms with E-state index in [2.05, 4.69) is 10.5 Å². The summed E-state index contributed by atoms with van der Waals surface area (Å²) >= 11 is 0. The van der Waals surface area contributed by atoms with E-state index in [-0.39, 0.29) is 12.1 Å². The van der Waals surface area contributed by atoms with E-state index < -0.39 is 23.4 Å². The van der Waals surface area contributed by atoms with Crippen LogP contribution in [-0.2, 0) is 6.54 Å². The molecule has 18 heavy (non-hydrogen) atoms. The average molecular weight is 256 g/mol. The summed E-state index contributed by atoms with van der Waals surface area (Å²) in [7, 11) is 0. The van der Waals surface area contributed by atoms with Crippen molar-refractivity contribution >= 4 is 5.91 Å². The Balaban J connectivity index is 2.09. The molecule has 0 saturated heterocycles. The maximum Gasteiger partial charge on any atom is 0.251 e. The lowest BCUT2D eigenvalue weighted by Gasteiger charge is -2.04. The first-order chi connectivity index (χ1) is 8.58. The van der Waals surface area contributed by atoms with Crippen LogP contribution in [0.1, 0.15) is 16.1 Å². The summed E-state index contributed by atoms with van der Waals surface area (Å²) < 4.78 is 43.2. The molecule has 2 rings (SSSR count). The number of rotatable bonds is 3. The SMILES string of the molecule is O=C(NCc1ccno1)c1cc(F)c(F)c(F)c1. The van der Waals surface area contributed by atoms with Gasteiger partial charge in [-0.15, -0.1) is 0 Å². The Labute approximate surface area is 99.4 Å². The van der Waals surface area contributed by atoms with Crippen molar-refractivity contribution in [3.05, 3.63) is 53.2 Å². The van der Waals surface area contributed by atoms with Gasteiger partial charge in [-0.25, -0.2) is 13.2 Å². The number of hydrogen-bond donors (Lipinski definition) is 1. The third-order valence-electron chi connectivity index (χ3n) is 2.16. The zero-order valence-electron chi connectivity index (χ0n) is 8.91. The third-order valence-corrected chi connectivity index (χ3v) is 2.16. The van der Waals surface area contributed by atoms with Crippen LogP contribution in [0.15, 0.2) is 28.9 Å². The van der Waals surface area contributed by atoms with Crippen molar-refractivity contribution in [3.8, 4) is 0 Å². The van der Waals surface area contributed by atoms with Gasteiger partial charge in [-0.05, 0) is 12.1 Å². The molecule has 1 heterocycles. The van der Waals surface area contributed by atoms with Gasteiger partial charge in [-0.2, -0.15) is 0 Å². The first-order valence-electron chi connectivity index (χ1n) is 4.90. The van der Waals surface area contributed by atoms with E-state index >= 15 is 0 Å². The zero-order chi connectivity index (χ0) is 13.1. The topological polar surface area (TPSA) is 55.1 Å². The molecular weight excluding hydrogens is 249 g/mol. The van der Waals surface area contributed by atoms with Crippen molar-refractivity contribution in [2.75, 3.05) is 0 Å². The van der Waals surface area contributed by atoms with Gasteiger partial charge in [-0.3, -0.25) is 4.79 Å². The number of benzene rings is 1. The highest BCUT2D eigenvalue weighted by molar-refractivity contribution is 5.94. The molecule has 94 valence electrons. The van der Waals surface area contributed by atoms with E-state index in [0.717, 1.165) is 0 Å². The molecule has 7 heteroatoms. The van der Waals surface area contributed by atoms with Crippen LogP contribution < -0.4 is 5.32 Å². The predicted molar refractivity (Wildman–Crippen MR) is 54.0 cm³/mol. The van der Waals surface area contributed by atoms with Gasteiger partial charge in [0.2, 0.25) is 0 Å². The summed E-state index contributed by atoms with van der Waals surface area (Å²) in [6, 6.07) is 2.76. The summed E-state index contributed by atoms with van der Waals surface area (Å²) in [5.74, 6) is -4.81. The lowest BCUT2D eigenvalue weighted by molar-refractivity contribution is 0.0946. The molecule has 0 unspecified atom stereocenters. The second-order valence-corrected chi connectivity index (χ2v) is 3.42. The molecular formula is C11H7F3N2O2. The number of carbonyl (C=O) groups is 1. The quantitative estimate of drug-likeness (QED) is 0.855. The molecule has 1 aromatic carbocycles. The Morgan fingerprint density at radius 3 is 2.50 bits per heavy atom. The van der Waals surface area contributed by atoms with Crippen LogP contribution in [0.2, 0.25) is 0 Å². The van der Waals surface area contributed by atoms with Gasteiger partial charge >= 0.3 is 0 Å². The average Bonchev–Trinajstić information content (AvgIpc) is 2.85. The van der Waals surface area contributed by atoms with Crippen LogP contribution in [-0.4, -0.2) is 11.1 Å². The smallest absolute Gasteiger partial charge is 0.251 e. The molecule has 4 nitrogen and oxygen atoms in total. The van der Waals surface area contributed by atoms with E-state index in [1.54, 1.807) is 0 Å². The highest BCUT2D eigenvalue weighted by atomic mass is 19.2. The summed E-state index contributed by atoms with van der Waals surface area (Å²) in [4.78, 5) is 11.5. The number of amides is 1. The molecule has 0 aliphatic heterocycles. The molecule has 1 N–H and O–H groups in total. The summed E-state index contributed by atoms with van der Waals surface area (Å²) in [6.45, 7) is 0.0133. The Morgan fingerprint density at radius 1 is 1.28 bits per heavy atom. The second-order valence-electron chi connectivity index (χ2n) is 3.42.